The molecule has 0 aromatic heterocycles. The second kappa shape index (κ2) is 18.0. The van der Waals surface area contributed by atoms with Crippen LogP contribution in [0.4, 0.5) is 0 Å². The third kappa shape index (κ3) is 13.3. The lowest BCUT2D eigenvalue weighted by Crippen LogP contribution is -2.43. The summed E-state index contributed by atoms with van der Waals surface area (Å²) in [7, 11) is 0. The van der Waals surface area contributed by atoms with Crippen LogP contribution in [0.25, 0.3) is 0 Å². The first-order valence-corrected chi connectivity index (χ1v) is 12.8. The van der Waals surface area contributed by atoms with Gasteiger partial charge in [0.05, 0.1) is 6.04 Å². The summed E-state index contributed by atoms with van der Waals surface area (Å²) in [6.07, 6.45) is 8.28. The van der Waals surface area contributed by atoms with Crippen LogP contribution in [0.3, 0.4) is 0 Å². The Morgan fingerprint density at radius 2 is 1.15 bits per heavy atom. The Morgan fingerprint density at radius 3 is 1.59 bits per heavy atom. The van der Waals surface area contributed by atoms with Crippen LogP contribution < -0.4 is 10.5 Å². The molecule has 1 aromatic carbocycles. The zero-order valence-corrected chi connectivity index (χ0v) is 21.2. The molecule has 0 spiro atoms. The quantitative estimate of drug-likeness (QED) is 0.127. The molecule has 1 aromatic rings. The first kappa shape index (κ1) is 29.6. The van der Waals surface area contributed by atoms with Gasteiger partial charge in [0, 0.05) is 19.3 Å². The van der Waals surface area contributed by atoms with Crippen LogP contribution in [0.1, 0.15) is 103 Å². The lowest BCUT2D eigenvalue weighted by atomic mass is 10.1. The van der Waals surface area contributed by atoms with Crippen LogP contribution in [-0.2, 0) is 30.3 Å². The molecule has 0 aliphatic carbocycles. The van der Waals surface area contributed by atoms with Crippen molar-refractivity contribution in [3.8, 4) is 5.75 Å². The standard InChI is InChI=1S/C27H43NO6/c1-4-7-10-13-24(29)32-22-18-16-21(17-19-22)20-23(28)27(33-25(30)14-11-8-5-2)34-26(31)15-12-9-6-3/h16-19,23,27H,4-15,20,28H2,1-3H3/t23-/m0/s1. The number of carbonyl (C=O) groups excluding carboxylic acids is 3. The van der Waals surface area contributed by atoms with Crippen molar-refractivity contribution in [1.82, 2.24) is 0 Å². The van der Waals surface area contributed by atoms with Crippen molar-refractivity contribution in [3.05, 3.63) is 29.8 Å². The van der Waals surface area contributed by atoms with Gasteiger partial charge in [-0.2, -0.15) is 0 Å². The molecule has 2 N–H and O–H groups in total. The van der Waals surface area contributed by atoms with Gasteiger partial charge in [0.25, 0.3) is 6.29 Å². The van der Waals surface area contributed by atoms with Gasteiger partial charge in [-0.05, 0) is 43.4 Å². The number of ether oxygens (including phenoxy) is 3. The summed E-state index contributed by atoms with van der Waals surface area (Å²) < 4.78 is 16.3. The number of benzene rings is 1. The molecule has 0 saturated heterocycles. The summed E-state index contributed by atoms with van der Waals surface area (Å²) in [6, 6.07) is 6.31. The van der Waals surface area contributed by atoms with Gasteiger partial charge in [0.2, 0.25) is 0 Å². The van der Waals surface area contributed by atoms with Gasteiger partial charge < -0.3 is 19.9 Å². The number of hydrogen-bond acceptors (Lipinski definition) is 7. The van der Waals surface area contributed by atoms with E-state index in [2.05, 4.69) is 20.8 Å². The molecule has 7 nitrogen and oxygen atoms in total. The first-order chi connectivity index (χ1) is 16.4. The van der Waals surface area contributed by atoms with Crippen molar-refractivity contribution in [2.24, 2.45) is 5.73 Å². The topological polar surface area (TPSA) is 105 Å². The Labute approximate surface area is 204 Å². The molecule has 0 fully saturated rings. The SMILES string of the molecule is CCCCCC(=O)Oc1ccc(C[C@H](N)C(OC(=O)CCCCC)OC(=O)CCCCC)cc1. The van der Waals surface area contributed by atoms with Gasteiger partial charge in [-0.1, -0.05) is 71.4 Å². The van der Waals surface area contributed by atoms with E-state index in [4.69, 9.17) is 19.9 Å². The van der Waals surface area contributed by atoms with Crippen LogP contribution in [-0.4, -0.2) is 30.2 Å². The minimum absolute atomic E-state index is 0.247. The predicted octanol–water partition coefficient (Wildman–Crippen LogP) is 5.62. The van der Waals surface area contributed by atoms with E-state index in [0.29, 0.717) is 18.6 Å². The third-order valence-electron chi connectivity index (χ3n) is 5.42. The molecule has 0 bridgehead atoms. The summed E-state index contributed by atoms with van der Waals surface area (Å²) in [5.74, 6) is -0.607. The van der Waals surface area contributed by atoms with Crippen molar-refractivity contribution in [2.75, 3.05) is 0 Å². The van der Waals surface area contributed by atoms with Crippen molar-refractivity contribution in [1.29, 1.82) is 0 Å². The highest BCUT2D eigenvalue weighted by Gasteiger charge is 2.26. The average Bonchev–Trinajstić information content (AvgIpc) is 2.80. The van der Waals surface area contributed by atoms with Gasteiger partial charge in [-0.25, -0.2) is 0 Å². The predicted molar refractivity (Wildman–Crippen MR) is 132 cm³/mol. The molecule has 192 valence electrons. The summed E-state index contributed by atoms with van der Waals surface area (Å²) in [5.41, 5.74) is 7.16. The minimum Gasteiger partial charge on any atom is -0.427 e. The fourth-order valence-electron chi connectivity index (χ4n) is 3.38. The zero-order chi connectivity index (χ0) is 25.2. The summed E-state index contributed by atoms with van der Waals surface area (Å²) in [6.45, 7) is 6.20. The van der Waals surface area contributed by atoms with Crippen molar-refractivity contribution in [3.63, 3.8) is 0 Å². The van der Waals surface area contributed by atoms with Crippen LogP contribution in [0.2, 0.25) is 0 Å². The Kier molecular flexibility index (Phi) is 15.7. The lowest BCUT2D eigenvalue weighted by Gasteiger charge is -2.24. The number of carbonyl (C=O) groups is 3. The van der Waals surface area contributed by atoms with Crippen LogP contribution in [0.15, 0.2) is 24.3 Å². The molecule has 0 heterocycles. The minimum atomic E-state index is -1.14. The molecular formula is C27H43NO6. The smallest absolute Gasteiger partial charge is 0.311 e. The number of esters is 3. The lowest BCUT2D eigenvalue weighted by molar-refractivity contribution is -0.191. The Balaban J connectivity index is 2.69. The molecule has 1 rings (SSSR count). The van der Waals surface area contributed by atoms with Crippen molar-refractivity contribution >= 4 is 17.9 Å². The molecule has 34 heavy (non-hydrogen) atoms. The number of hydrogen-bond donors (Lipinski definition) is 1. The highest BCUT2D eigenvalue weighted by Crippen LogP contribution is 2.17. The van der Waals surface area contributed by atoms with Gasteiger partial charge >= 0.3 is 17.9 Å². The van der Waals surface area contributed by atoms with Gasteiger partial charge in [0.15, 0.2) is 0 Å². The van der Waals surface area contributed by atoms with Crippen LogP contribution in [0.5, 0.6) is 5.75 Å². The van der Waals surface area contributed by atoms with E-state index >= 15 is 0 Å². The maximum atomic E-state index is 12.3. The summed E-state index contributed by atoms with van der Waals surface area (Å²) >= 11 is 0. The maximum absolute atomic E-state index is 12.3. The van der Waals surface area contributed by atoms with Gasteiger partial charge in [-0.3, -0.25) is 14.4 Å². The van der Waals surface area contributed by atoms with Crippen molar-refractivity contribution < 1.29 is 28.6 Å². The summed E-state index contributed by atoms with van der Waals surface area (Å²) in [4.78, 5) is 36.4. The fraction of sp³-hybridized carbons (Fsp3) is 0.667. The number of rotatable bonds is 18. The number of unbranched alkanes of at least 4 members (excludes halogenated alkanes) is 6. The highest BCUT2D eigenvalue weighted by molar-refractivity contribution is 5.72. The van der Waals surface area contributed by atoms with Crippen LogP contribution in [0, 0.1) is 0 Å². The van der Waals surface area contributed by atoms with E-state index < -0.39 is 24.3 Å². The third-order valence-corrected chi connectivity index (χ3v) is 5.42. The monoisotopic (exact) mass is 477 g/mol. The van der Waals surface area contributed by atoms with Crippen molar-refractivity contribution in [2.45, 2.75) is 117 Å². The van der Waals surface area contributed by atoms with E-state index in [0.717, 1.165) is 63.4 Å². The maximum Gasteiger partial charge on any atom is 0.311 e. The van der Waals surface area contributed by atoms with E-state index in [1.165, 1.54) is 0 Å². The second-order valence-corrected chi connectivity index (χ2v) is 8.71. The Bertz CT molecular complexity index is 694. The molecule has 7 heteroatoms. The first-order valence-electron chi connectivity index (χ1n) is 12.8. The molecule has 0 unspecified atom stereocenters. The highest BCUT2D eigenvalue weighted by atomic mass is 16.7. The van der Waals surface area contributed by atoms with E-state index in [1.807, 2.05) is 0 Å². The molecular weight excluding hydrogens is 434 g/mol. The van der Waals surface area contributed by atoms with Gasteiger partial charge in [-0.15, -0.1) is 0 Å². The number of nitrogens with two attached hydrogens (primary N) is 1. The van der Waals surface area contributed by atoms with E-state index in [-0.39, 0.29) is 18.8 Å². The Morgan fingerprint density at radius 1 is 0.706 bits per heavy atom. The molecule has 0 aliphatic heterocycles. The van der Waals surface area contributed by atoms with E-state index in [1.54, 1.807) is 24.3 Å². The van der Waals surface area contributed by atoms with E-state index in [9.17, 15) is 14.4 Å². The Hall–Kier alpha value is -2.41. The second-order valence-electron chi connectivity index (χ2n) is 8.71. The van der Waals surface area contributed by atoms with Gasteiger partial charge in [0.1, 0.15) is 5.75 Å². The molecule has 0 amide bonds. The molecule has 0 saturated carbocycles. The zero-order valence-electron chi connectivity index (χ0n) is 21.2. The molecule has 1 atom stereocenters. The largest absolute Gasteiger partial charge is 0.427 e. The van der Waals surface area contributed by atoms with Crippen LogP contribution >= 0.6 is 0 Å². The summed E-state index contributed by atoms with van der Waals surface area (Å²) in [5, 5.41) is 0. The normalized spacial score (nSPS) is 11.8. The fourth-order valence-corrected chi connectivity index (χ4v) is 3.38. The molecule has 0 radical (unpaired) electrons. The average molecular weight is 478 g/mol. The molecule has 0 aliphatic rings.